The van der Waals surface area contributed by atoms with Crippen LogP contribution in [0.3, 0.4) is 0 Å². The maximum absolute atomic E-state index is 12.7. The van der Waals surface area contributed by atoms with Crippen molar-refractivity contribution < 1.29 is 17.6 Å². The number of para-hydroxylation sites is 2. The van der Waals surface area contributed by atoms with Gasteiger partial charge in [-0.15, -0.1) is 0 Å². The van der Waals surface area contributed by atoms with Crippen molar-refractivity contribution in [3.63, 3.8) is 0 Å². The van der Waals surface area contributed by atoms with E-state index in [1.165, 1.54) is 12.1 Å². The van der Waals surface area contributed by atoms with Crippen LogP contribution in [0.25, 0.3) is 11.1 Å². The molecular weight excluding hydrogens is 297 g/mol. The Labute approximate surface area is 121 Å². The van der Waals surface area contributed by atoms with Crippen molar-refractivity contribution in [1.82, 2.24) is 4.98 Å². The molecule has 3 aromatic rings. The molecule has 112 valence electrons. The minimum Gasteiger partial charge on any atom is -0.432 e. The lowest BCUT2D eigenvalue weighted by molar-refractivity contribution is -0.137. The number of nitrogens with one attached hydrogen (secondary N) is 1. The third kappa shape index (κ3) is 2.78. The maximum Gasteiger partial charge on any atom is 0.416 e. The third-order valence-electron chi connectivity index (χ3n) is 2.94. The largest absolute Gasteiger partial charge is 0.432 e. The van der Waals surface area contributed by atoms with E-state index < -0.39 is 17.3 Å². The molecule has 0 bridgehead atoms. The Kier molecular flexibility index (Phi) is 3.32. The second-order valence-electron chi connectivity index (χ2n) is 4.52. The van der Waals surface area contributed by atoms with Crippen molar-refractivity contribution in [3.05, 3.63) is 70.0 Å². The zero-order valence-electron chi connectivity index (χ0n) is 11.0. The Morgan fingerprint density at radius 2 is 1.82 bits per heavy atom. The topological polar surface area (TPSA) is 58.4 Å². The molecule has 0 aliphatic carbocycles. The molecule has 4 nitrogen and oxygen atoms in total. The molecule has 22 heavy (non-hydrogen) atoms. The predicted octanol–water partition coefficient (Wildman–Crippen LogP) is 3.37. The third-order valence-corrected chi connectivity index (χ3v) is 2.94. The van der Waals surface area contributed by atoms with Crippen LogP contribution in [-0.4, -0.2) is 4.98 Å². The molecule has 0 fully saturated rings. The summed E-state index contributed by atoms with van der Waals surface area (Å²) in [7, 11) is 0. The van der Waals surface area contributed by atoms with Crippen molar-refractivity contribution in [1.29, 1.82) is 0 Å². The number of hydrogen-bond donors (Lipinski definition) is 1. The Balaban J connectivity index is 2.17. The van der Waals surface area contributed by atoms with Gasteiger partial charge < -0.3 is 9.40 Å². The zero-order chi connectivity index (χ0) is 15.7. The lowest BCUT2D eigenvalue weighted by atomic mass is 10.2. The minimum absolute atomic E-state index is 0.0145. The van der Waals surface area contributed by atoms with Crippen LogP contribution in [-0.2, 0) is 6.18 Å². The van der Waals surface area contributed by atoms with Crippen LogP contribution in [0.1, 0.15) is 5.56 Å². The van der Waals surface area contributed by atoms with E-state index in [0.29, 0.717) is 11.1 Å². The molecule has 0 saturated carbocycles. The Hall–Kier alpha value is -2.83. The molecule has 0 spiro atoms. The summed E-state index contributed by atoms with van der Waals surface area (Å²) in [6.07, 6.45) is -4.47. The summed E-state index contributed by atoms with van der Waals surface area (Å²) in [5.41, 5.74) is -0.914. The van der Waals surface area contributed by atoms with Gasteiger partial charge in [-0.1, -0.05) is 18.2 Å². The van der Waals surface area contributed by atoms with E-state index in [2.05, 4.69) is 9.98 Å². The summed E-state index contributed by atoms with van der Waals surface area (Å²) < 4.78 is 43.3. The van der Waals surface area contributed by atoms with Gasteiger partial charge in [0.1, 0.15) is 0 Å². The summed E-state index contributed by atoms with van der Waals surface area (Å²) in [6, 6.07) is 11.1. The standard InChI is InChI=1S/C15H9F3N2O2/c16-15(17,18)9-4-3-5-10(8-9)19-14-13(21)20-11-6-1-2-7-12(11)22-14/h1-8H,(H,20,21). The highest BCUT2D eigenvalue weighted by Crippen LogP contribution is 2.31. The molecule has 0 saturated heterocycles. The number of fused-ring (bicyclic) bond motifs is 1. The summed E-state index contributed by atoms with van der Waals surface area (Å²) >= 11 is 0. The van der Waals surface area contributed by atoms with Crippen LogP contribution in [0.2, 0.25) is 0 Å². The molecule has 0 unspecified atom stereocenters. The predicted molar refractivity (Wildman–Crippen MR) is 73.5 cm³/mol. The van der Waals surface area contributed by atoms with Crippen molar-refractivity contribution in [2.75, 3.05) is 0 Å². The van der Waals surface area contributed by atoms with E-state index in [0.717, 1.165) is 12.1 Å². The van der Waals surface area contributed by atoms with Crippen LogP contribution < -0.4 is 11.1 Å². The number of alkyl halides is 3. The van der Waals surface area contributed by atoms with Crippen LogP contribution >= 0.6 is 0 Å². The van der Waals surface area contributed by atoms with Gasteiger partial charge in [-0.25, -0.2) is 4.99 Å². The van der Waals surface area contributed by atoms with Gasteiger partial charge in [0.05, 0.1) is 16.8 Å². The van der Waals surface area contributed by atoms with Gasteiger partial charge >= 0.3 is 11.7 Å². The molecule has 0 aliphatic heterocycles. The first-order valence-electron chi connectivity index (χ1n) is 6.28. The van der Waals surface area contributed by atoms with E-state index in [-0.39, 0.29) is 11.2 Å². The van der Waals surface area contributed by atoms with Crippen molar-refractivity contribution in [2.45, 2.75) is 6.18 Å². The van der Waals surface area contributed by atoms with Gasteiger partial charge in [0.25, 0.3) is 5.55 Å². The second kappa shape index (κ2) is 5.18. The van der Waals surface area contributed by atoms with Crippen LogP contribution in [0.15, 0.2) is 62.7 Å². The number of rotatable bonds is 1. The average molecular weight is 306 g/mol. The first-order valence-corrected chi connectivity index (χ1v) is 6.28. The van der Waals surface area contributed by atoms with E-state index in [9.17, 15) is 18.0 Å². The van der Waals surface area contributed by atoms with Gasteiger partial charge in [-0.3, -0.25) is 4.79 Å². The van der Waals surface area contributed by atoms with Gasteiger partial charge in [0.2, 0.25) is 0 Å². The van der Waals surface area contributed by atoms with Crippen molar-refractivity contribution in [2.24, 2.45) is 4.99 Å². The molecule has 7 heteroatoms. The monoisotopic (exact) mass is 306 g/mol. The fraction of sp³-hybridized carbons (Fsp3) is 0.0667. The molecular formula is C15H9F3N2O2. The smallest absolute Gasteiger partial charge is 0.416 e. The summed E-state index contributed by atoms with van der Waals surface area (Å²) in [5, 5.41) is 0. The van der Waals surface area contributed by atoms with E-state index >= 15 is 0 Å². The normalized spacial score (nSPS) is 12.8. The Bertz CT molecular complexity index is 955. The molecule has 1 aromatic heterocycles. The maximum atomic E-state index is 12.7. The summed E-state index contributed by atoms with van der Waals surface area (Å²) in [6.45, 7) is 0. The highest BCUT2D eigenvalue weighted by Gasteiger charge is 2.30. The number of hydrogen-bond acceptors (Lipinski definition) is 3. The highest BCUT2D eigenvalue weighted by molar-refractivity contribution is 5.70. The molecule has 1 N–H and O–H groups in total. The molecule has 3 rings (SSSR count). The first-order chi connectivity index (χ1) is 10.4. The molecule has 2 aromatic carbocycles. The summed E-state index contributed by atoms with van der Waals surface area (Å²) in [4.78, 5) is 18.3. The Morgan fingerprint density at radius 1 is 1.05 bits per heavy atom. The van der Waals surface area contributed by atoms with E-state index in [1.54, 1.807) is 24.3 Å². The molecule has 0 aliphatic rings. The van der Waals surface area contributed by atoms with E-state index in [4.69, 9.17) is 4.42 Å². The number of aromatic amines is 1. The number of benzene rings is 2. The number of nitrogens with zero attached hydrogens (tertiary/aromatic N) is 1. The van der Waals surface area contributed by atoms with Crippen LogP contribution in [0.4, 0.5) is 18.9 Å². The second-order valence-corrected chi connectivity index (χ2v) is 4.52. The van der Waals surface area contributed by atoms with Gasteiger partial charge in [0.15, 0.2) is 5.58 Å². The lowest BCUT2D eigenvalue weighted by Gasteiger charge is -2.06. The fourth-order valence-corrected chi connectivity index (χ4v) is 1.93. The Morgan fingerprint density at radius 3 is 2.59 bits per heavy atom. The quantitative estimate of drug-likeness (QED) is 0.749. The van der Waals surface area contributed by atoms with Crippen molar-refractivity contribution >= 4 is 16.8 Å². The number of aromatic nitrogens is 1. The SMILES string of the molecule is O=c1[nH]c2ccccc2oc1=Nc1cccc(C(F)(F)F)c1. The van der Waals surface area contributed by atoms with Crippen LogP contribution in [0.5, 0.6) is 0 Å². The van der Waals surface area contributed by atoms with Gasteiger partial charge in [-0.2, -0.15) is 13.2 Å². The molecule has 0 amide bonds. The van der Waals surface area contributed by atoms with Gasteiger partial charge in [0, 0.05) is 0 Å². The molecule has 0 atom stereocenters. The average Bonchev–Trinajstić information content (AvgIpc) is 2.47. The van der Waals surface area contributed by atoms with Gasteiger partial charge in [-0.05, 0) is 30.3 Å². The minimum atomic E-state index is -4.47. The number of halogens is 3. The molecule has 0 radical (unpaired) electrons. The zero-order valence-corrected chi connectivity index (χ0v) is 11.0. The lowest BCUT2D eigenvalue weighted by Crippen LogP contribution is -2.26. The molecule has 1 heterocycles. The highest BCUT2D eigenvalue weighted by atomic mass is 19.4. The van der Waals surface area contributed by atoms with E-state index in [1.807, 2.05) is 0 Å². The fourth-order valence-electron chi connectivity index (χ4n) is 1.93. The number of H-pyrrole nitrogens is 1. The van der Waals surface area contributed by atoms with Crippen LogP contribution in [0, 0.1) is 0 Å². The first kappa shape index (κ1) is 14.1. The van der Waals surface area contributed by atoms with Crippen molar-refractivity contribution in [3.8, 4) is 0 Å². The summed E-state index contributed by atoms with van der Waals surface area (Å²) in [5.74, 6) is 0.